The molecule has 0 aliphatic rings. The molecule has 0 saturated heterocycles. The Bertz CT molecular complexity index is 873. The van der Waals surface area contributed by atoms with Crippen molar-refractivity contribution in [3.63, 3.8) is 0 Å². The normalized spacial score (nSPS) is 12.7. The lowest BCUT2D eigenvalue weighted by Crippen LogP contribution is -2.34. The van der Waals surface area contributed by atoms with Crippen molar-refractivity contribution in [1.82, 2.24) is 10.1 Å². The largest absolute Gasteiger partial charge is 0.407 e. The number of hydrogen-bond acceptors (Lipinski definition) is 4. The minimum absolute atomic E-state index is 0.100. The molecule has 0 radical (unpaired) electrons. The summed E-state index contributed by atoms with van der Waals surface area (Å²) in [4.78, 5) is 7.45. The Labute approximate surface area is 156 Å². The number of benzene rings is 1. The molecule has 0 spiro atoms. The van der Waals surface area contributed by atoms with E-state index < -0.39 is 42.1 Å². The van der Waals surface area contributed by atoms with Crippen LogP contribution in [0.1, 0.15) is 38.0 Å². The van der Waals surface area contributed by atoms with Crippen molar-refractivity contribution in [1.29, 1.82) is 0 Å². The van der Waals surface area contributed by atoms with Crippen LogP contribution in [0.3, 0.4) is 0 Å². The van der Waals surface area contributed by atoms with E-state index in [1.807, 2.05) is 0 Å². The molecule has 11 heteroatoms. The molecule has 0 aliphatic heterocycles. The molecule has 152 valence electrons. The average Bonchev–Trinajstić information content (AvgIpc) is 3.00. The predicted octanol–water partition coefficient (Wildman–Crippen LogP) is 5.51. The van der Waals surface area contributed by atoms with Gasteiger partial charge in [-0.15, -0.1) is 0 Å². The molecule has 2 aromatic rings. The van der Waals surface area contributed by atoms with Crippen molar-refractivity contribution in [2.45, 2.75) is 45.1 Å². The molecule has 2 rings (SSSR count). The van der Waals surface area contributed by atoms with Gasteiger partial charge in [-0.05, 0) is 12.1 Å². The minimum Gasteiger partial charge on any atom is -0.355 e. The third-order valence-electron chi connectivity index (χ3n) is 3.58. The minimum atomic E-state index is -4.88. The van der Waals surface area contributed by atoms with Crippen molar-refractivity contribution in [3.8, 4) is 0 Å². The Balaban J connectivity index is 2.44. The van der Waals surface area contributed by atoms with Crippen LogP contribution in [0.15, 0.2) is 22.7 Å². The average molecular weight is 406 g/mol. The fourth-order valence-corrected chi connectivity index (χ4v) is 2.29. The van der Waals surface area contributed by atoms with Gasteiger partial charge in [0.15, 0.2) is 11.5 Å². The van der Waals surface area contributed by atoms with Gasteiger partial charge in [0.25, 0.3) is 0 Å². The van der Waals surface area contributed by atoms with Crippen LogP contribution in [0.25, 0.3) is 4.85 Å². The van der Waals surface area contributed by atoms with Gasteiger partial charge in [-0.1, -0.05) is 32.0 Å². The van der Waals surface area contributed by atoms with E-state index in [2.05, 4.69) is 15.0 Å². The predicted molar refractivity (Wildman–Crippen MR) is 87.8 cm³/mol. The second-order valence-corrected chi connectivity index (χ2v) is 7.05. The molecule has 0 N–H and O–H groups in total. The van der Waals surface area contributed by atoms with E-state index >= 15 is 0 Å². The van der Waals surface area contributed by atoms with Gasteiger partial charge < -0.3 is 9.42 Å². The summed E-state index contributed by atoms with van der Waals surface area (Å²) in [5, 5.41) is 3.62. The molecule has 1 heterocycles. The van der Waals surface area contributed by atoms with E-state index in [0.717, 1.165) is 12.1 Å². The quantitative estimate of drug-likeness (QED) is 0.497. The molecule has 0 atom stereocenters. The van der Waals surface area contributed by atoms with Crippen LogP contribution in [0.2, 0.25) is 0 Å². The van der Waals surface area contributed by atoms with E-state index in [1.165, 1.54) is 0 Å². The molecule has 28 heavy (non-hydrogen) atoms. The van der Waals surface area contributed by atoms with E-state index in [0.29, 0.717) is 11.0 Å². The Hall–Kier alpha value is -2.77. The van der Waals surface area contributed by atoms with Crippen LogP contribution in [-0.2, 0) is 18.1 Å². The monoisotopic (exact) mass is 406 g/mol. The topological polar surface area (TPSA) is 46.5 Å². The first-order chi connectivity index (χ1) is 12.7. The van der Waals surface area contributed by atoms with E-state index in [1.54, 1.807) is 20.8 Å². The van der Waals surface area contributed by atoms with Crippen LogP contribution in [-0.4, -0.2) is 22.9 Å². The molecule has 0 bridgehead atoms. The summed E-state index contributed by atoms with van der Waals surface area (Å²) in [6.45, 7) is 10.1. The number of aromatic nitrogens is 2. The summed E-state index contributed by atoms with van der Waals surface area (Å²) in [5.74, 6) is 0.0887. The van der Waals surface area contributed by atoms with Gasteiger partial charge >= 0.3 is 12.4 Å². The maximum atomic E-state index is 13.2. The smallest absolute Gasteiger partial charge is 0.355 e. The van der Waals surface area contributed by atoms with Gasteiger partial charge in [-0.25, -0.2) is 4.85 Å². The van der Waals surface area contributed by atoms with E-state index in [4.69, 9.17) is 11.1 Å². The number of anilines is 1. The van der Waals surface area contributed by atoms with Crippen LogP contribution in [0, 0.1) is 6.57 Å². The number of rotatable bonds is 4. The summed E-state index contributed by atoms with van der Waals surface area (Å²) in [7, 11) is 0. The maximum absolute atomic E-state index is 13.2. The molecular formula is C17H16F6N4O. The zero-order valence-corrected chi connectivity index (χ0v) is 15.1. The molecular weight excluding hydrogens is 390 g/mol. The summed E-state index contributed by atoms with van der Waals surface area (Å²) in [6, 6.07) is 2.38. The van der Waals surface area contributed by atoms with Crippen LogP contribution < -0.4 is 4.90 Å². The molecule has 1 aromatic carbocycles. The van der Waals surface area contributed by atoms with Gasteiger partial charge in [-0.3, -0.25) is 0 Å². The highest BCUT2D eigenvalue weighted by Gasteiger charge is 2.36. The highest BCUT2D eigenvalue weighted by Crippen LogP contribution is 2.39. The Morgan fingerprint density at radius 1 is 1.11 bits per heavy atom. The Kier molecular flexibility index (Phi) is 5.64. The van der Waals surface area contributed by atoms with Crippen molar-refractivity contribution in [2.75, 3.05) is 11.4 Å². The van der Waals surface area contributed by atoms with Gasteiger partial charge in [-0.2, -0.15) is 31.3 Å². The lowest BCUT2D eigenvalue weighted by Gasteiger charge is -2.25. The van der Waals surface area contributed by atoms with Gasteiger partial charge in [0.2, 0.25) is 5.89 Å². The van der Waals surface area contributed by atoms with Crippen molar-refractivity contribution >= 4 is 11.4 Å². The molecule has 0 fully saturated rings. The highest BCUT2D eigenvalue weighted by atomic mass is 19.4. The zero-order chi connectivity index (χ0) is 21.3. The van der Waals surface area contributed by atoms with Crippen molar-refractivity contribution in [3.05, 3.63) is 46.9 Å². The molecule has 0 saturated carbocycles. The maximum Gasteiger partial charge on any atom is 0.407 e. The molecule has 0 aliphatic carbocycles. The van der Waals surface area contributed by atoms with E-state index in [-0.39, 0.29) is 17.4 Å². The summed E-state index contributed by atoms with van der Waals surface area (Å²) in [6.07, 6.45) is -9.57. The van der Waals surface area contributed by atoms with Crippen molar-refractivity contribution in [2.24, 2.45) is 0 Å². The fourth-order valence-electron chi connectivity index (χ4n) is 2.29. The fraction of sp³-hybridized carbons (Fsp3) is 0.471. The Morgan fingerprint density at radius 2 is 1.75 bits per heavy atom. The van der Waals surface area contributed by atoms with Gasteiger partial charge in [0, 0.05) is 11.1 Å². The molecule has 1 aromatic heterocycles. The number of hydrogen-bond donors (Lipinski definition) is 0. The SMILES string of the molecule is [C-]#[N+]c1ccc(N(Cc2noc(C(C)(C)C)n2)CC(F)(F)F)cc1C(F)(F)F. The van der Waals surface area contributed by atoms with Gasteiger partial charge in [0.05, 0.1) is 18.7 Å². The third kappa shape index (κ3) is 5.37. The second kappa shape index (κ2) is 7.33. The first-order valence-corrected chi connectivity index (χ1v) is 7.94. The third-order valence-corrected chi connectivity index (χ3v) is 3.58. The highest BCUT2D eigenvalue weighted by molar-refractivity contribution is 5.62. The Morgan fingerprint density at radius 3 is 2.21 bits per heavy atom. The zero-order valence-electron chi connectivity index (χ0n) is 15.1. The molecule has 5 nitrogen and oxygen atoms in total. The van der Waals surface area contributed by atoms with Crippen LogP contribution in [0.4, 0.5) is 37.7 Å². The lowest BCUT2D eigenvalue weighted by molar-refractivity contribution is -0.136. The van der Waals surface area contributed by atoms with Crippen molar-refractivity contribution < 1.29 is 30.9 Å². The molecule has 0 unspecified atom stereocenters. The first kappa shape index (κ1) is 21.5. The first-order valence-electron chi connectivity index (χ1n) is 7.94. The standard InChI is InChI=1S/C17H16F6N4O/c1-15(2,3)14-25-13(26-28-14)8-27(9-16(18,19)20)10-5-6-12(24-4)11(7-10)17(21,22)23/h5-7H,8-9H2,1-3H3. The summed E-state index contributed by atoms with van der Waals surface area (Å²) in [5.41, 5.74) is -2.91. The van der Waals surface area contributed by atoms with Gasteiger partial charge in [0.1, 0.15) is 6.54 Å². The van der Waals surface area contributed by atoms with Crippen LogP contribution >= 0.6 is 0 Å². The second-order valence-electron chi connectivity index (χ2n) is 7.05. The number of alkyl halides is 6. The summed E-state index contributed by atoms with van der Waals surface area (Å²) >= 11 is 0. The van der Waals surface area contributed by atoms with E-state index in [9.17, 15) is 26.3 Å². The lowest BCUT2D eigenvalue weighted by atomic mass is 9.97. The van der Waals surface area contributed by atoms with Crippen LogP contribution in [0.5, 0.6) is 0 Å². The number of halogens is 6. The molecule has 0 amide bonds. The number of nitrogens with zero attached hydrogens (tertiary/aromatic N) is 4. The summed E-state index contributed by atoms with van der Waals surface area (Å²) < 4.78 is 83.5.